The number of rotatable bonds is 7. The number of ether oxygens (including phenoxy) is 2. The molecule has 0 spiro atoms. The minimum Gasteiger partial charge on any atom is -0.497 e. The van der Waals surface area contributed by atoms with Gasteiger partial charge in [-0.1, -0.05) is 23.9 Å². The number of benzene rings is 2. The number of nitrogens with one attached hydrogen (secondary N) is 2. The van der Waals surface area contributed by atoms with Crippen molar-refractivity contribution in [2.24, 2.45) is 0 Å². The first-order valence-corrected chi connectivity index (χ1v) is 9.66. The van der Waals surface area contributed by atoms with E-state index in [1.807, 2.05) is 48.5 Å². The molecule has 4 rings (SSSR count). The lowest BCUT2D eigenvalue weighted by atomic mass is 10.2. The molecule has 8 heteroatoms. The van der Waals surface area contributed by atoms with Gasteiger partial charge in [-0.25, -0.2) is 4.79 Å². The molecule has 1 unspecified atom stereocenters. The van der Waals surface area contributed by atoms with Crippen molar-refractivity contribution in [1.82, 2.24) is 10.6 Å². The molecule has 2 heterocycles. The molecule has 148 valence electrons. The van der Waals surface area contributed by atoms with E-state index in [2.05, 4.69) is 10.6 Å². The average molecular weight is 410 g/mol. The molecule has 1 saturated heterocycles. The standard InChI is InChI=1S/C21H18N2O5S/c1-26-15-4-2-3-13(9-15)11-27-14-5-7-16(8-6-14)29-17-10-18(28-12-17)19-20(24)23-21(25)22-19/h2-10,12,19H,11H2,1H3,(H2,22,23,24,25). The van der Waals surface area contributed by atoms with Gasteiger partial charge in [0.25, 0.3) is 5.91 Å². The Hall–Kier alpha value is -3.39. The first kappa shape index (κ1) is 18.9. The smallest absolute Gasteiger partial charge is 0.322 e. The normalized spacial score (nSPS) is 15.7. The molecule has 0 aliphatic carbocycles. The maximum absolute atomic E-state index is 11.7. The Morgan fingerprint density at radius 1 is 1.03 bits per heavy atom. The van der Waals surface area contributed by atoms with Crippen LogP contribution in [0, 0.1) is 0 Å². The van der Waals surface area contributed by atoms with Gasteiger partial charge in [0.1, 0.15) is 30.1 Å². The topological polar surface area (TPSA) is 89.8 Å². The van der Waals surface area contributed by atoms with Crippen LogP contribution in [0.25, 0.3) is 0 Å². The van der Waals surface area contributed by atoms with Crippen LogP contribution in [0.1, 0.15) is 17.4 Å². The third-order valence-corrected chi connectivity index (χ3v) is 5.21. The maximum atomic E-state index is 11.7. The number of amides is 3. The van der Waals surface area contributed by atoms with Crippen LogP contribution < -0.4 is 20.1 Å². The largest absolute Gasteiger partial charge is 0.497 e. The van der Waals surface area contributed by atoms with Crippen LogP contribution in [0.2, 0.25) is 0 Å². The molecule has 1 aromatic heterocycles. The van der Waals surface area contributed by atoms with E-state index in [0.717, 1.165) is 26.9 Å². The molecule has 2 aromatic carbocycles. The Morgan fingerprint density at radius 2 is 1.86 bits per heavy atom. The lowest BCUT2D eigenvalue weighted by molar-refractivity contribution is -0.120. The van der Waals surface area contributed by atoms with Crippen molar-refractivity contribution in [1.29, 1.82) is 0 Å². The second-order valence-electron chi connectivity index (χ2n) is 6.29. The van der Waals surface area contributed by atoms with Crippen LogP contribution >= 0.6 is 11.8 Å². The molecule has 7 nitrogen and oxygen atoms in total. The number of carbonyl (C=O) groups excluding carboxylic acids is 2. The molecule has 1 aliphatic rings. The molecule has 1 atom stereocenters. The molecule has 0 bridgehead atoms. The summed E-state index contributed by atoms with van der Waals surface area (Å²) in [5, 5.41) is 4.70. The van der Waals surface area contributed by atoms with Crippen molar-refractivity contribution in [3.8, 4) is 11.5 Å². The predicted octanol–water partition coefficient (Wildman–Crippen LogP) is 3.90. The zero-order valence-corrected chi connectivity index (χ0v) is 16.3. The third kappa shape index (κ3) is 4.55. The van der Waals surface area contributed by atoms with E-state index in [0.29, 0.717) is 12.4 Å². The zero-order chi connectivity index (χ0) is 20.2. The summed E-state index contributed by atoms with van der Waals surface area (Å²) in [5.41, 5.74) is 1.02. The van der Waals surface area contributed by atoms with Gasteiger partial charge in [-0.2, -0.15) is 0 Å². The van der Waals surface area contributed by atoms with Crippen molar-refractivity contribution in [2.45, 2.75) is 22.4 Å². The van der Waals surface area contributed by atoms with Crippen LogP contribution in [0.3, 0.4) is 0 Å². The van der Waals surface area contributed by atoms with Crippen LogP contribution in [0.15, 0.2) is 75.1 Å². The highest BCUT2D eigenvalue weighted by Crippen LogP contribution is 2.32. The van der Waals surface area contributed by atoms with Crippen molar-refractivity contribution in [3.63, 3.8) is 0 Å². The fourth-order valence-electron chi connectivity index (χ4n) is 2.83. The van der Waals surface area contributed by atoms with Gasteiger partial charge in [-0.3, -0.25) is 10.1 Å². The van der Waals surface area contributed by atoms with Gasteiger partial charge in [-0.05, 0) is 48.0 Å². The van der Waals surface area contributed by atoms with Crippen molar-refractivity contribution >= 4 is 23.7 Å². The number of hydrogen-bond acceptors (Lipinski definition) is 6. The van der Waals surface area contributed by atoms with Crippen LogP contribution in [0.5, 0.6) is 11.5 Å². The molecule has 3 amide bonds. The number of urea groups is 1. The summed E-state index contributed by atoms with van der Waals surface area (Å²) in [6.07, 6.45) is 1.56. The number of imide groups is 1. The molecular formula is C21H18N2O5S. The fraction of sp³-hybridized carbons (Fsp3) is 0.143. The zero-order valence-electron chi connectivity index (χ0n) is 15.5. The van der Waals surface area contributed by atoms with Gasteiger partial charge in [0, 0.05) is 4.90 Å². The lowest BCUT2D eigenvalue weighted by Crippen LogP contribution is -2.22. The van der Waals surface area contributed by atoms with Crippen molar-refractivity contribution in [3.05, 3.63) is 72.2 Å². The molecule has 1 fully saturated rings. The fourth-order valence-corrected chi connectivity index (χ4v) is 3.64. The Morgan fingerprint density at radius 3 is 2.59 bits per heavy atom. The minimum absolute atomic E-state index is 0.397. The van der Waals surface area contributed by atoms with Crippen LogP contribution in [0.4, 0.5) is 4.79 Å². The molecule has 0 saturated carbocycles. The number of methoxy groups -OCH3 is 1. The van der Waals surface area contributed by atoms with E-state index in [4.69, 9.17) is 13.9 Å². The maximum Gasteiger partial charge on any atom is 0.322 e. The average Bonchev–Trinajstić information content (AvgIpc) is 3.33. The summed E-state index contributed by atoms with van der Waals surface area (Å²) in [7, 11) is 1.64. The van der Waals surface area contributed by atoms with Crippen molar-refractivity contribution < 1.29 is 23.5 Å². The Labute approximate surface area is 171 Å². The Balaban J connectivity index is 1.35. The number of carbonyl (C=O) groups is 2. The van der Waals surface area contributed by atoms with E-state index < -0.39 is 18.0 Å². The number of furan rings is 1. The molecular weight excluding hydrogens is 392 g/mol. The van der Waals surface area contributed by atoms with Gasteiger partial charge in [0.2, 0.25) is 0 Å². The van der Waals surface area contributed by atoms with E-state index in [-0.39, 0.29) is 0 Å². The molecule has 29 heavy (non-hydrogen) atoms. The highest BCUT2D eigenvalue weighted by atomic mass is 32.2. The van der Waals surface area contributed by atoms with Gasteiger partial charge in [0.15, 0.2) is 6.04 Å². The van der Waals surface area contributed by atoms with Crippen molar-refractivity contribution in [2.75, 3.05) is 7.11 Å². The van der Waals surface area contributed by atoms with Gasteiger partial charge < -0.3 is 19.2 Å². The SMILES string of the molecule is COc1cccc(COc2ccc(Sc3coc(C4NC(=O)NC4=O)c3)cc2)c1. The molecule has 3 aromatic rings. The van der Waals surface area contributed by atoms with Gasteiger partial charge >= 0.3 is 6.03 Å². The van der Waals surface area contributed by atoms with Crippen LogP contribution in [-0.4, -0.2) is 19.0 Å². The summed E-state index contributed by atoms with van der Waals surface area (Å²) in [5.74, 6) is 1.54. The monoisotopic (exact) mass is 410 g/mol. The van der Waals surface area contributed by atoms with Gasteiger partial charge in [0.05, 0.1) is 12.0 Å². The summed E-state index contributed by atoms with van der Waals surface area (Å²) < 4.78 is 16.5. The van der Waals surface area contributed by atoms with E-state index in [1.165, 1.54) is 11.8 Å². The number of hydrogen-bond donors (Lipinski definition) is 2. The first-order chi connectivity index (χ1) is 14.1. The summed E-state index contributed by atoms with van der Waals surface area (Å²) in [6, 6.07) is 15.9. The summed E-state index contributed by atoms with van der Waals surface area (Å²) in [6.45, 7) is 0.448. The lowest BCUT2D eigenvalue weighted by Gasteiger charge is -2.08. The molecule has 0 radical (unpaired) electrons. The Kier molecular flexibility index (Phi) is 5.44. The molecule has 1 aliphatic heterocycles. The molecule has 2 N–H and O–H groups in total. The first-order valence-electron chi connectivity index (χ1n) is 8.84. The Bertz CT molecular complexity index is 1030. The highest BCUT2D eigenvalue weighted by molar-refractivity contribution is 7.99. The van der Waals surface area contributed by atoms with E-state index >= 15 is 0 Å². The second kappa shape index (κ2) is 8.32. The third-order valence-electron chi connectivity index (χ3n) is 4.25. The second-order valence-corrected chi connectivity index (χ2v) is 7.44. The summed E-state index contributed by atoms with van der Waals surface area (Å²) >= 11 is 1.49. The predicted molar refractivity (Wildman–Crippen MR) is 106 cm³/mol. The van der Waals surface area contributed by atoms with E-state index in [1.54, 1.807) is 19.4 Å². The van der Waals surface area contributed by atoms with Crippen LogP contribution in [-0.2, 0) is 11.4 Å². The van der Waals surface area contributed by atoms with Gasteiger partial charge in [-0.15, -0.1) is 0 Å². The van der Waals surface area contributed by atoms with E-state index in [9.17, 15) is 9.59 Å². The highest BCUT2D eigenvalue weighted by Gasteiger charge is 2.33. The quantitative estimate of drug-likeness (QED) is 0.574. The minimum atomic E-state index is -0.788. The summed E-state index contributed by atoms with van der Waals surface area (Å²) in [4.78, 5) is 24.8.